The molecular weight excluding hydrogens is 256 g/mol. The topological polar surface area (TPSA) is 53.4 Å². The van der Waals surface area contributed by atoms with Crippen molar-refractivity contribution in [3.63, 3.8) is 0 Å². The molecule has 1 N–H and O–H groups in total. The molecule has 2 atom stereocenters. The van der Waals surface area contributed by atoms with E-state index in [0.717, 1.165) is 18.2 Å². The standard InChI is InChI=1S/C11H16N2O2S2/c1-6-4-13(5-7(2)16-6)11-12-8(3)9(17-11)10(14)15/h6-7H,4-5H2,1-3H3,(H,14,15). The van der Waals surface area contributed by atoms with Gasteiger partial charge in [0.15, 0.2) is 5.13 Å². The third kappa shape index (κ3) is 2.74. The molecule has 0 radical (unpaired) electrons. The first kappa shape index (κ1) is 12.7. The molecule has 0 bridgehead atoms. The summed E-state index contributed by atoms with van der Waals surface area (Å²) >= 11 is 3.26. The van der Waals surface area contributed by atoms with Gasteiger partial charge in [-0.3, -0.25) is 0 Å². The molecule has 1 fully saturated rings. The normalized spacial score (nSPS) is 25.0. The smallest absolute Gasteiger partial charge is 0.347 e. The van der Waals surface area contributed by atoms with E-state index >= 15 is 0 Å². The SMILES string of the molecule is Cc1nc(N2CC(C)SC(C)C2)sc1C(=O)O. The molecule has 0 spiro atoms. The lowest BCUT2D eigenvalue weighted by Gasteiger charge is -2.34. The number of carbonyl (C=O) groups is 1. The van der Waals surface area contributed by atoms with E-state index in [2.05, 4.69) is 23.7 Å². The molecule has 0 saturated carbocycles. The van der Waals surface area contributed by atoms with Crippen LogP contribution in [0.4, 0.5) is 5.13 Å². The molecule has 2 rings (SSSR count). The zero-order valence-electron chi connectivity index (χ0n) is 10.1. The predicted octanol–water partition coefficient (Wildman–Crippen LogP) is 2.48. The lowest BCUT2D eigenvalue weighted by Crippen LogP contribution is -2.40. The number of aromatic carboxylic acids is 1. The van der Waals surface area contributed by atoms with Gasteiger partial charge in [-0.15, -0.1) is 0 Å². The van der Waals surface area contributed by atoms with Crippen LogP contribution in [0, 0.1) is 6.92 Å². The highest BCUT2D eigenvalue weighted by atomic mass is 32.2. The van der Waals surface area contributed by atoms with Crippen LogP contribution in [-0.2, 0) is 0 Å². The van der Waals surface area contributed by atoms with Crippen LogP contribution in [0.3, 0.4) is 0 Å². The lowest BCUT2D eigenvalue weighted by molar-refractivity contribution is 0.0701. The van der Waals surface area contributed by atoms with Crippen molar-refractivity contribution < 1.29 is 9.90 Å². The molecule has 1 aromatic heterocycles. The number of hydrogen-bond acceptors (Lipinski definition) is 5. The minimum atomic E-state index is -0.876. The Labute approximate surface area is 109 Å². The van der Waals surface area contributed by atoms with Gasteiger partial charge in [-0.25, -0.2) is 9.78 Å². The monoisotopic (exact) mass is 272 g/mol. The van der Waals surface area contributed by atoms with Gasteiger partial charge in [0.2, 0.25) is 0 Å². The Hall–Kier alpha value is -0.750. The number of rotatable bonds is 2. The number of carboxylic acid groups (broad SMARTS) is 1. The number of thioether (sulfide) groups is 1. The second kappa shape index (κ2) is 4.86. The first-order valence-electron chi connectivity index (χ1n) is 5.58. The molecule has 2 unspecified atom stereocenters. The van der Waals surface area contributed by atoms with Crippen LogP contribution in [0.1, 0.15) is 29.2 Å². The van der Waals surface area contributed by atoms with Crippen LogP contribution in [0.25, 0.3) is 0 Å². The minimum Gasteiger partial charge on any atom is -0.477 e. The summed E-state index contributed by atoms with van der Waals surface area (Å²) in [5.74, 6) is -0.876. The number of aromatic nitrogens is 1. The van der Waals surface area contributed by atoms with Crippen LogP contribution in [0.2, 0.25) is 0 Å². The first-order valence-corrected chi connectivity index (χ1v) is 7.34. The maximum atomic E-state index is 11.0. The van der Waals surface area contributed by atoms with Crippen LogP contribution < -0.4 is 4.90 Å². The quantitative estimate of drug-likeness (QED) is 0.896. The Morgan fingerprint density at radius 1 is 1.41 bits per heavy atom. The van der Waals surface area contributed by atoms with Gasteiger partial charge < -0.3 is 10.0 Å². The van der Waals surface area contributed by atoms with Gasteiger partial charge >= 0.3 is 5.97 Å². The van der Waals surface area contributed by atoms with Gasteiger partial charge in [0.05, 0.1) is 5.69 Å². The molecule has 1 aliphatic rings. The summed E-state index contributed by atoms with van der Waals surface area (Å²) in [5, 5.41) is 11.0. The average molecular weight is 272 g/mol. The summed E-state index contributed by atoms with van der Waals surface area (Å²) in [7, 11) is 0. The fraction of sp³-hybridized carbons (Fsp3) is 0.636. The minimum absolute atomic E-state index is 0.360. The van der Waals surface area contributed by atoms with E-state index in [9.17, 15) is 4.79 Å². The zero-order chi connectivity index (χ0) is 12.6. The van der Waals surface area contributed by atoms with Gasteiger partial charge in [0, 0.05) is 23.6 Å². The van der Waals surface area contributed by atoms with Gasteiger partial charge in [-0.2, -0.15) is 11.8 Å². The summed E-state index contributed by atoms with van der Waals surface area (Å²) in [5.41, 5.74) is 0.621. The van der Waals surface area contributed by atoms with Crippen molar-refractivity contribution in [2.75, 3.05) is 18.0 Å². The van der Waals surface area contributed by atoms with Crippen molar-refractivity contribution in [1.82, 2.24) is 4.98 Å². The van der Waals surface area contributed by atoms with E-state index in [1.165, 1.54) is 11.3 Å². The van der Waals surface area contributed by atoms with E-state index in [0.29, 0.717) is 21.1 Å². The van der Waals surface area contributed by atoms with Crippen LogP contribution in [0.5, 0.6) is 0 Å². The second-order valence-corrected chi connectivity index (χ2v) is 7.24. The molecule has 1 saturated heterocycles. The van der Waals surface area contributed by atoms with Crippen molar-refractivity contribution in [1.29, 1.82) is 0 Å². The zero-order valence-corrected chi connectivity index (χ0v) is 11.8. The molecule has 17 heavy (non-hydrogen) atoms. The van der Waals surface area contributed by atoms with Gasteiger partial charge in [-0.05, 0) is 6.92 Å². The number of aryl methyl sites for hydroxylation is 1. The Balaban J connectivity index is 2.22. The Bertz CT molecular complexity index is 423. The highest BCUT2D eigenvalue weighted by molar-refractivity contribution is 8.00. The summed E-state index contributed by atoms with van der Waals surface area (Å²) in [6.45, 7) is 8.05. The van der Waals surface area contributed by atoms with Crippen LogP contribution in [-0.4, -0.2) is 39.6 Å². The van der Waals surface area contributed by atoms with E-state index in [1.54, 1.807) is 6.92 Å². The number of nitrogens with zero attached hydrogens (tertiary/aromatic N) is 2. The number of anilines is 1. The summed E-state index contributed by atoms with van der Waals surface area (Å²) in [6, 6.07) is 0. The molecule has 0 aliphatic carbocycles. The van der Waals surface area contributed by atoms with Gasteiger partial charge in [-0.1, -0.05) is 25.2 Å². The average Bonchev–Trinajstić information content (AvgIpc) is 2.59. The molecule has 6 heteroatoms. The summed E-state index contributed by atoms with van der Waals surface area (Å²) < 4.78 is 0. The highest BCUT2D eigenvalue weighted by Crippen LogP contribution is 2.32. The fourth-order valence-electron chi connectivity index (χ4n) is 2.05. The van der Waals surface area contributed by atoms with E-state index < -0.39 is 5.97 Å². The fourth-order valence-corrected chi connectivity index (χ4v) is 4.30. The maximum Gasteiger partial charge on any atom is 0.347 e. The highest BCUT2D eigenvalue weighted by Gasteiger charge is 2.26. The van der Waals surface area contributed by atoms with E-state index in [1.807, 2.05) is 11.8 Å². The first-order chi connectivity index (χ1) is 7.97. The molecule has 2 heterocycles. The third-order valence-corrected chi connectivity index (χ3v) is 5.10. The Morgan fingerprint density at radius 2 is 2.00 bits per heavy atom. The van der Waals surface area contributed by atoms with Crippen molar-refractivity contribution in [3.05, 3.63) is 10.6 Å². The largest absolute Gasteiger partial charge is 0.477 e. The number of hydrogen-bond donors (Lipinski definition) is 1. The maximum absolute atomic E-state index is 11.0. The summed E-state index contributed by atoms with van der Waals surface area (Å²) in [4.78, 5) is 17.9. The van der Waals surface area contributed by atoms with Crippen molar-refractivity contribution >= 4 is 34.2 Å². The predicted molar refractivity (Wildman–Crippen MR) is 72.5 cm³/mol. The van der Waals surface area contributed by atoms with E-state index in [4.69, 9.17) is 5.11 Å². The molecule has 1 aliphatic heterocycles. The third-order valence-electron chi connectivity index (χ3n) is 2.67. The lowest BCUT2D eigenvalue weighted by atomic mass is 10.3. The van der Waals surface area contributed by atoms with Crippen molar-refractivity contribution in [2.24, 2.45) is 0 Å². The Kier molecular flexibility index (Phi) is 3.63. The molecule has 0 amide bonds. The van der Waals surface area contributed by atoms with Gasteiger partial charge in [0.25, 0.3) is 0 Å². The molecule has 1 aromatic rings. The second-order valence-electron chi connectivity index (χ2n) is 4.38. The van der Waals surface area contributed by atoms with Crippen LogP contribution in [0.15, 0.2) is 0 Å². The molecule has 0 aromatic carbocycles. The number of thiazole rings is 1. The number of carboxylic acids is 1. The molecule has 4 nitrogen and oxygen atoms in total. The van der Waals surface area contributed by atoms with E-state index in [-0.39, 0.29) is 0 Å². The molecular formula is C11H16N2O2S2. The van der Waals surface area contributed by atoms with Crippen molar-refractivity contribution in [2.45, 2.75) is 31.3 Å². The summed E-state index contributed by atoms with van der Waals surface area (Å²) in [6.07, 6.45) is 0. The Morgan fingerprint density at radius 3 is 2.47 bits per heavy atom. The van der Waals surface area contributed by atoms with Crippen molar-refractivity contribution in [3.8, 4) is 0 Å². The van der Waals surface area contributed by atoms with Gasteiger partial charge in [0.1, 0.15) is 4.88 Å². The molecule has 94 valence electrons. The van der Waals surface area contributed by atoms with Crippen LogP contribution >= 0.6 is 23.1 Å².